The first-order valence-electron chi connectivity index (χ1n) is 9.38. The molecule has 1 aromatic carbocycles. The van der Waals surface area contributed by atoms with Crippen LogP contribution in [0.15, 0.2) is 12.1 Å². The smallest absolute Gasteiger partial charge is 0.247 e. The lowest BCUT2D eigenvalue weighted by atomic mass is 9.73. The molecule has 1 aromatic rings. The maximum absolute atomic E-state index is 12.9. The number of methoxy groups -OCH3 is 1. The van der Waals surface area contributed by atoms with Gasteiger partial charge in [0.2, 0.25) is 17.3 Å². The van der Waals surface area contributed by atoms with Gasteiger partial charge in [0.25, 0.3) is 0 Å². The minimum atomic E-state index is -2.78. The van der Waals surface area contributed by atoms with Gasteiger partial charge >= 0.3 is 0 Å². The number of aliphatic hydroxyl groups excluding tert-OH is 1. The molecule has 2 unspecified atom stereocenters. The van der Waals surface area contributed by atoms with E-state index in [-0.39, 0.29) is 30.4 Å². The highest BCUT2D eigenvalue weighted by Crippen LogP contribution is 2.47. The average Bonchev–Trinajstić information content (AvgIpc) is 2.65. The standard InChI is InChI=1S/C19H27NO9/c1-11(2)8-18(23)9-20-5-4-12-6-15(28-29-27-10-21)14(26-3)7-13(12)16(20)19(24,25)17(18)22/h6-7,11,16,21,23-25H,4-5,8-10H2,1-3H3. The van der Waals surface area contributed by atoms with Crippen molar-refractivity contribution < 1.29 is 44.8 Å². The molecule has 162 valence electrons. The summed E-state index contributed by atoms with van der Waals surface area (Å²) in [5.41, 5.74) is -0.661. The fraction of sp³-hybridized carbons (Fsp3) is 0.632. The van der Waals surface area contributed by atoms with Gasteiger partial charge in [-0.15, -0.1) is 0 Å². The molecule has 10 heteroatoms. The van der Waals surface area contributed by atoms with E-state index >= 15 is 0 Å². The number of ether oxygens (including phenoxy) is 1. The molecule has 2 aliphatic heterocycles. The molecule has 0 amide bonds. The van der Waals surface area contributed by atoms with Crippen LogP contribution in [0.1, 0.15) is 37.4 Å². The molecule has 0 bridgehead atoms. The molecule has 1 saturated heterocycles. The highest BCUT2D eigenvalue weighted by molar-refractivity contribution is 5.95. The van der Waals surface area contributed by atoms with Gasteiger partial charge in [0.15, 0.2) is 12.5 Å². The maximum atomic E-state index is 12.9. The quantitative estimate of drug-likeness (QED) is 0.206. The van der Waals surface area contributed by atoms with E-state index < -0.39 is 30.0 Å². The zero-order valence-electron chi connectivity index (χ0n) is 16.6. The molecule has 10 nitrogen and oxygen atoms in total. The summed E-state index contributed by atoms with van der Waals surface area (Å²) in [7, 11) is 1.39. The Bertz CT molecular complexity index is 766. The van der Waals surface area contributed by atoms with Crippen molar-refractivity contribution in [1.29, 1.82) is 0 Å². The molecular weight excluding hydrogens is 386 g/mol. The second kappa shape index (κ2) is 8.15. The van der Waals surface area contributed by atoms with Crippen molar-refractivity contribution in [3.8, 4) is 11.5 Å². The molecule has 3 rings (SSSR count). The second-order valence-electron chi connectivity index (χ2n) is 7.91. The van der Waals surface area contributed by atoms with Crippen molar-refractivity contribution in [2.24, 2.45) is 5.92 Å². The minimum Gasteiger partial charge on any atom is -0.493 e. The third-order valence-corrected chi connectivity index (χ3v) is 5.33. The lowest BCUT2D eigenvalue weighted by Gasteiger charge is -2.51. The number of nitrogens with zero attached hydrogens (tertiary/aromatic N) is 1. The van der Waals surface area contributed by atoms with Crippen LogP contribution in [0.4, 0.5) is 0 Å². The Labute approximate surface area is 168 Å². The molecular formula is C19H27NO9. The van der Waals surface area contributed by atoms with Gasteiger partial charge in [0.05, 0.1) is 13.2 Å². The number of carbonyl (C=O) groups excluding carboxylic acids is 1. The molecule has 0 saturated carbocycles. The van der Waals surface area contributed by atoms with Crippen molar-refractivity contribution in [2.75, 3.05) is 27.0 Å². The zero-order chi connectivity index (χ0) is 21.4. The third-order valence-electron chi connectivity index (χ3n) is 5.33. The van der Waals surface area contributed by atoms with Gasteiger partial charge in [-0.2, -0.15) is 4.89 Å². The van der Waals surface area contributed by atoms with E-state index in [9.17, 15) is 20.1 Å². The van der Waals surface area contributed by atoms with Crippen molar-refractivity contribution in [3.63, 3.8) is 0 Å². The predicted octanol–water partition coefficient (Wildman–Crippen LogP) is -0.173. The number of carbonyl (C=O) groups is 1. The normalized spacial score (nSPS) is 26.2. The van der Waals surface area contributed by atoms with Crippen LogP contribution in [0.3, 0.4) is 0 Å². The molecule has 2 heterocycles. The summed E-state index contributed by atoms with van der Waals surface area (Å²) in [6.45, 7) is 3.41. The Morgan fingerprint density at radius 3 is 2.59 bits per heavy atom. The highest BCUT2D eigenvalue weighted by Gasteiger charge is 2.60. The van der Waals surface area contributed by atoms with Crippen LogP contribution >= 0.6 is 0 Å². The second-order valence-corrected chi connectivity index (χ2v) is 7.91. The Morgan fingerprint density at radius 1 is 1.24 bits per heavy atom. The summed E-state index contributed by atoms with van der Waals surface area (Å²) in [5, 5.41) is 45.5. The van der Waals surface area contributed by atoms with Crippen molar-refractivity contribution >= 4 is 5.78 Å². The Kier molecular flexibility index (Phi) is 6.16. The summed E-state index contributed by atoms with van der Waals surface area (Å²) in [6.07, 6.45) is 0.637. The van der Waals surface area contributed by atoms with Crippen LogP contribution in [0.2, 0.25) is 0 Å². The average molecular weight is 413 g/mol. The van der Waals surface area contributed by atoms with E-state index in [0.717, 1.165) is 0 Å². The molecule has 0 aliphatic carbocycles. The van der Waals surface area contributed by atoms with E-state index in [1.54, 1.807) is 11.0 Å². The van der Waals surface area contributed by atoms with Gasteiger partial charge in [-0.3, -0.25) is 9.69 Å². The van der Waals surface area contributed by atoms with Gasteiger partial charge in [0.1, 0.15) is 5.60 Å². The van der Waals surface area contributed by atoms with Crippen LogP contribution in [-0.4, -0.2) is 69.5 Å². The van der Waals surface area contributed by atoms with Crippen LogP contribution < -0.4 is 9.62 Å². The summed E-state index contributed by atoms with van der Waals surface area (Å²) in [6, 6.07) is 2.05. The van der Waals surface area contributed by atoms with Crippen LogP contribution in [0.5, 0.6) is 11.5 Å². The number of aliphatic hydroxyl groups is 4. The van der Waals surface area contributed by atoms with Gasteiger partial charge in [-0.25, -0.2) is 0 Å². The van der Waals surface area contributed by atoms with E-state index in [1.165, 1.54) is 13.2 Å². The number of fused-ring (bicyclic) bond motifs is 3. The topological polar surface area (TPSA) is 138 Å². The number of ketones is 1. The minimum absolute atomic E-state index is 0.00497. The summed E-state index contributed by atoms with van der Waals surface area (Å²) < 4.78 is 5.27. The molecule has 1 fully saturated rings. The van der Waals surface area contributed by atoms with Crippen LogP contribution in [0, 0.1) is 5.92 Å². The molecule has 2 atom stereocenters. The lowest BCUT2D eigenvalue weighted by molar-refractivity contribution is -0.482. The Balaban J connectivity index is 1.98. The number of benzene rings is 1. The molecule has 0 spiro atoms. The number of piperidine rings is 1. The molecule has 0 radical (unpaired) electrons. The zero-order valence-corrected chi connectivity index (χ0v) is 16.6. The van der Waals surface area contributed by atoms with Gasteiger partial charge in [-0.05, 0) is 47.1 Å². The van der Waals surface area contributed by atoms with Gasteiger partial charge < -0.3 is 30.1 Å². The maximum Gasteiger partial charge on any atom is 0.247 e. The molecule has 0 aromatic heterocycles. The van der Waals surface area contributed by atoms with E-state index in [0.29, 0.717) is 24.1 Å². The first-order chi connectivity index (χ1) is 13.6. The van der Waals surface area contributed by atoms with E-state index in [4.69, 9.17) is 14.7 Å². The van der Waals surface area contributed by atoms with Crippen molar-refractivity contribution in [3.05, 3.63) is 23.3 Å². The van der Waals surface area contributed by atoms with Crippen molar-refractivity contribution in [1.82, 2.24) is 4.90 Å². The number of hydrogen-bond acceptors (Lipinski definition) is 10. The largest absolute Gasteiger partial charge is 0.493 e. The fourth-order valence-electron chi connectivity index (χ4n) is 4.33. The van der Waals surface area contributed by atoms with Crippen molar-refractivity contribution in [2.45, 2.75) is 44.1 Å². The fourth-order valence-corrected chi connectivity index (χ4v) is 4.33. The lowest BCUT2D eigenvalue weighted by Crippen LogP contribution is -2.69. The first kappa shape index (κ1) is 21.9. The third kappa shape index (κ3) is 3.97. The summed E-state index contributed by atoms with van der Waals surface area (Å²) in [4.78, 5) is 23.8. The van der Waals surface area contributed by atoms with E-state index in [2.05, 4.69) is 9.93 Å². The molecule has 2 aliphatic rings. The van der Waals surface area contributed by atoms with Gasteiger partial charge in [0, 0.05) is 13.1 Å². The van der Waals surface area contributed by atoms with E-state index in [1.807, 2.05) is 13.8 Å². The summed E-state index contributed by atoms with van der Waals surface area (Å²) >= 11 is 0. The summed E-state index contributed by atoms with van der Waals surface area (Å²) in [5.74, 6) is -3.42. The van der Waals surface area contributed by atoms with Crippen LogP contribution in [-0.2, 0) is 21.1 Å². The predicted molar refractivity (Wildman–Crippen MR) is 97.5 cm³/mol. The molecule has 4 N–H and O–H groups in total. The van der Waals surface area contributed by atoms with Gasteiger partial charge in [-0.1, -0.05) is 13.8 Å². The number of rotatable bonds is 7. The van der Waals surface area contributed by atoms with Crippen LogP contribution in [0.25, 0.3) is 0 Å². The Hall–Kier alpha value is -1.79. The first-order valence-corrected chi connectivity index (χ1v) is 9.38. The number of Topliss-reactive ketones (excluding diaryl/α,β-unsaturated/α-hetero) is 1. The Morgan fingerprint density at radius 2 is 1.97 bits per heavy atom. The number of hydrogen-bond donors (Lipinski definition) is 4. The molecule has 29 heavy (non-hydrogen) atoms. The SMILES string of the molecule is COc1cc2c(cc1OOOCO)CCN1CC(O)(CC(C)C)C(=O)C(O)(O)C21. The highest BCUT2D eigenvalue weighted by atomic mass is 17.5. The monoisotopic (exact) mass is 413 g/mol.